The Hall–Kier alpha value is -0.700. The molecule has 2 nitrogen and oxygen atoms in total. The molecule has 3 heteroatoms. The van der Waals surface area contributed by atoms with Gasteiger partial charge in [0, 0.05) is 17.0 Å². The maximum absolute atomic E-state index is 4.68. The predicted octanol–water partition coefficient (Wildman–Crippen LogP) is 0.691. The quantitative estimate of drug-likeness (QED) is 0.377. The van der Waals surface area contributed by atoms with E-state index in [4.69, 9.17) is 0 Å². The summed E-state index contributed by atoms with van der Waals surface area (Å²) in [5, 5.41) is 0.421. The molecule has 0 saturated heterocycles. The Labute approximate surface area is 53.4 Å². The van der Waals surface area contributed by atoms with Crippen molar-refractivity contribution >= 4 is 12.6 Å². The summed E-state index contributed by atoms with van der Waals surface area (Å²) in [7, 11) is 0. The Morgan fingerprint density at radius 2 is 2.38 bits per heavy atom. The van der Waals surface area contributed by atoms with Gasteiger partial charge in [0.05, 0.1) is 0 Å². The van der Waals surface area contributed by atoms with E-state index in [1.54, 1.807) is 6.20 Å². The minimum atomic E-state index is 0.421. The van der Waals surface area contributed by atoms with Crippen LogP contribution in [0, 0.1) is 6.92 Å². The normalized spacial score (nSPS) is 9.12. The zero-order valence-corrected chi connectivity index (χ0v) is 5.27. The van der Waals surface area contributed by atoms with E-state index < -0.39 is 0 Å². The third-order valence-electron chi connectivity index (χ3n) is 0.773. The van der Waals surface area contributed by atoms with Crippen LogP contribution in [0.1, 0.15) is 5.69 Å². The third-order valence-corrected chi connectivity index (χ3v) is 0.969. The molecule has 1 aromatic rings. The van der Waals surface area contributed by atoms with Gasteiger partial charge >= 0.3 is 0 Å². The summed E-state index contributed by atoms with van der Waals surface area (Å²) in [5.41, 5.74) is 0.921. The molecule has 0 aromatic carbocycles. The first-order valence-electron chi connectivity index (χ1n) is 2.26. The van der Waals surface area contributed by atoms with E-state index in [1.165, 1.54) is 0 Å². The third kappa shape index (κ3) is 1.13. The monoisotopic (exact) mass is 125 g/mol. The van der Waals surface area contributed by atoms with Gasteiger partial charge in [-0.25, -0.2) is 0 Å². The van der Waals surface area contributed by atoms with Gasteiger partial charge in [0.25, 0.3) is 0 Å². The van der Waals surface area contributed by atoms with Crippen molar-refractivity contribution in [3.63, 3.8) is 0 Å². The molecule has 0 bridgehead atoms. The average Bonchev–Trinajstić information content (AvgIpc) is 1.64. The van der Waals surface area contributed by atoms with Crippen LogP contribution in [0.5, 0.6) is 0 Å². The fourth-order valence-corrected chi connectivity index (χ4v) is 0.631. The SMILES string of the molecule is Cc1ccnc([S-])n1. The van der Waals surface area contributed by atoms with Crippen molar-refractivity contribution in [2.75, 3.05) is 0 Å². The van der Waals surface area contributed by atoms with Crippen molar-refractivity contribution in [1.29, 1.82) is 0 Å². The second kappa shape index (κ2) is 2.05. The molecular formula is C5H5N2S-. The van der Waals surface area contributed by atoms with Crippen LogP contribution in [0.2, 0.25) is 0 Å². The molecule has 0 saturated carbocycles. The van der Waals surface area contributed by atoms with Gasteiger partial charge in [-0.15, -0.1) is 0 Å². The smallest absolute Gasteiger partial charge is 0.0387 e. The van der Waals surface area contributed by atoms with Crippen LogP contribution < -0.4 is 0 Å². The van der Waals surface area contributed by atoms with Gasteiger partial charge in [-0.1, -0.05) is 0 Å². The van der Waals surface area contributed by atoms with E-state index >= 15 is 0 Å². The summed E-state index contributed by atoms with van der Waals surface area (Å²) >= 11 is 4.68. The summed E-state index contributed by atoms with van der Waals surface area (Å²) in [4.78, 5) is 7.62. The van der Waals surface area contributed by atoms with Crippen molar-refractivity contribution in [2.45, 2.75) is 12.1 Å². The van der Waals surface area contributed by atoms with Gasteiger partial charge in [-0.2, -0.15) is 0 Å². The summed E-state index contributed by atoms with van der Waals surface area (Å²) < 4.78 is 0. The van der Waals surface area contributed by atoms with Crippen LogP contribution in [0.3, 0.4) is 0 Å². The second-order valence-electron chi connectivity index (χ2n) is 1.48. The first-order valence-corrected chi connectivity index (χ1v) is 2.66. The van der Waals surface area contributed by atoms with E-state index in [9.17, 15) is 0 Å². The van der Waals surface area contributed by atoms with Crippen LogP contribution in [-0.4, -0.2) is 9.97 Å². The highest BCUT2D eigenvalue weighted by Gasteiger charge is 1.77. The Kier molecular flexibility index (Phi) is 1.39. The molecule has 0 spiro atoms. The molecule has 0 fully saturated rings. The summed E-state index contributed by atoms with van der Waals surface area (Å²) in [6.45, 7) is 1.89. The molecule has 0 N–H and O–H groups in total. The van der Waals surface area contributed by atoms with Crippen molar-refractivity contribution in [3.05, 3.63) is 18.0 Å². The number of rotatable bonds is 0. The van der Waals surface area contributed by atoms with Gasteiger partial charge in [-0.05, 0) is 13.0 Å². The topological polar surface area (TPSA) is 25.8 Å². The molecule has 0 amide bonds. The van der Waals surface area contributed by atoms with Crippen LogP contribution >= 0.6 is 0 Å². The van der Waals surface area contributed by atoms with Crippen LogP contribution in [-0.2, 0) is 12.6 Å². The Morgan fingerprint density at radius 3 is 2.75 bits per heavy atom. The predicted molar refractivity (Wildman–Crippen MR) is 32.4 cm³/mol. The van der Waals surface area contributed by atoms with Gasteiger partial charge in [0.15, 0.2) is 0 Å². The van der Waals surface area contributed by atoms with E-state index in [1.807, 2.05) is 13.0 Å². The largest absolute Gasteiger partial charge is 0.740 e. The van der Waals surface area contributed by atoms with Gasteiger partial charge in [-0.3, -0.25) is 9.97 Å². The number of aryl methyl sites for hydroxylation is 1. The zero-order valence-electron chi connectivity index (χ0n) is 4.46. The second-order valence-corrected chi connectivity index (χ2v) is 1.85. The minimum absolute atomic E-state index is 0.421. The maximum Gasteiger partial charge on any atom is 0.0387 e. The molecule has 0 radical (unpaired) electrons. The molecule has 1 rings (SSSR count). The van der Waals surface area contributed by atoms with Crippen LogP contribution in [0.15, 0.2) is 17.4 Å². The van der Waals surface area contributed by atoms with Crippen LogP contribution in [0.25, 0.3) is 0 Å². The molecule has 0 aliphatic heterocycles. The standard InChI is InChI=1S/C5H6N2S/c1-4-2-3-6-5(8)7-4/h2-3H,1H3,(H,6,7,8)/p-1. The van der Waals surface area contributed by atoms with Gasteiger partial charge < -0.3 is 12.6 Å². The van der Waals surface area contributed by atoms with Crippen molar-refractivity contribution < 1.29 is 0 Å². The molecule has 0 aliphatic carbocycles. The van der Waals surface area contributed by atoms with Crippen molar-refractivity contribution in [1.82, 2.24) is 9.97 Å². The highest BCUT2D eigenvalue weighted by molar-refractivity contribution is 7.58. The molecule has 42 valence electrons. The molecular weight excluding hydrogens is 120 g/mol. The molecule has 1 aromatic heterocycles. The first kappa shape index (κ1) is 5.44. The molecule has 1 heterocycles. The lowest BCUT2D eigenvalue weighted by atomic mass is 10.5. The Morgan fingerprint density at radius 1 is 1.62 bits per heavy atom. The van der Waals surface area contributed by atoms with Gasteiger partial charge in [0.1, 0.15) is 0 Å². The van der Waals surface area contributed by atoms with Crippen molar-refractivity contribution in [3.8, 4) is 0 Å². The summed E-state index contributed by atoms with van der Waals surface area (Å²) in [6, 6.07) is 1.82. The van der Waals surface area contributed by atoms with Crippen molar-refractivity contribution in [2.24, 2.45) is 0 Å². The molecule has 8 heavy (non-hydrogen) atoms. The average molecular weight is 125 g/mol. The summed E-state index contributed by atoms with van der Waals surface area (Å²) in [6.07, 6.45) is 1.66. The molecule has 0 aliphatic rings. The lowest BCUT2D eigenvalue weighted by Crippen LogP contribution is -1.86. The first-order chi connectivity index (χ1) is 3.79. The zero-order chi connectivity index (χ0) is 5.98. The Balaban J connectivity index is 3.08. The number of hydrogen-bond acceptors (Lipinski definition) is 3. The van der Waals surface area contributed by atoms with Crippen LogP contribution in [0.4, 0.5) is 0 Å². The fourth-order valence-electron chi connectivity index (χ4n) is 0.426. The molecule has 0 unspecified atom stereocenters. The highest BCUT2D eigenvalue weighted by atomic mass is 32.1. The maximum atomic E-state index is 4.68. The van der Waals surface area contributed by atoms with E-state index in [0.717, 1.165) is 5.69 Å². The van der Waals surface area contributed by atoms with Gasteiger partial charge in [0.2, 0.25) is 0 Å². The van der Waals surface area contributed by atoms with E-state index in [-0.39, 0.29) is 0 Å². The Bertz CT molecular complexity index is 170. The fraction of sp³-hybridized carbons (Fsp3) is 0.200. The lowest BCUT2D eigenvalue weighted by molar-refractivity contribution is 0.937. The number of aromatic nitrogens is 2. The number of nitrogens with zero attached hydrogens (tertiary/aromatic N) is 2. The lowest BCUT2D eigenvalue weighted by Gasteiger charge is -2.00. The number of hydrogen-bond donors (Lipinski definition) is 0. The minimum Gasteiger partial charge on any atom is -0.740 e. The highest BCUT2D eigenvalue weighted by Crippen LogP contribution is 1.89. The summed E-state index contributed by atoms with van der Waals surface area (Å²) in [5.74, 6) is 0. The van der Waals surface area contributed by atoms with E-state index in [2.05, 4.69) is 22.6 Å². The molecule has 0 atom stereocenters. The van der Waals surface area contributed by atoms with E-state index in [0.29, 0.717) is 5.16 Å².